The smallest absolute Gasteiger partial charge is 0.422 e. The largest absolute Gasteiger partial charge is 0.484 e. The molecule has 0 amide bonds. The molecule has 0 unspecified atom stereocenters. The van der Waals surface area contributed by atoms with E-state index in [9.17, 15) is 13.2 Å². The first-order valence-corrected chi connectivity index (χ1v) is 9.70. The fraction of sp³-hybridized carbons (Fsp3) is 0.273. The van der Waals surface area contributed by atoms with Gasteiger partial charge in [0.25, 0.3) is 0 Å². The van der Waals surface area contributed by atoms with Gasteiger partial charge in [-0.05, 0) is 34.9 Å². The van der Waals surface area contributed by atoms with Gasteiger partial charge < -0.3 is 15.4 Å². The number of nitrogens with zero attached hydrogens (tertiary/aromatic N) is 3. The molecule has 3 aromatic rings. The highest BCUT2D eigenvalue weighted by atomic mass is 19.4. The SMILES string of the molecule is CN=C(NCc1cccc(OCC(F)(F)F)c1)NCc1ccccc1Cn1cccn1. The van der Waals surface area contributed by atoms with E-state index in [0.29, 0.717) is 25.6 Å². The van der Waals surface area contributed by atoms with E-state index >= 15 is 0 Å². The molecule has 1 aromatic heterocycles. The number of benzene rings is 2. The minimum Gasteiger partial charge on any atom is -0.484 e. The van der Waals surface area contributed by atoms with E-state index in [2.05, 4.69) is 26.8 Å². The monoisotopic (exact) mass is 431 g/mol. The highest BCUT2D eigenvalue weighted by molar-refractivity contribution is 5.79. The van der Waals surface area contributed by atoms with E-state index in [0.717, 1.165) is 16.7 Å². The molecule has 0 bridgehead atoms. The van der Waals surface area contributed by atoms with Crippen molar-refractivity contribution in [1.29, 1.82) is 0 Å². The summed E-state index contributed by atoms with van der Waals surface area (Å²) in [4.78, 5) is 4.21. The highest BCUT2D eigenvalue weighted by Gasteiger charge is 2.28. The van der Waals surface area contributed by atoms with Gasteiger partial charge in [-0.2, -0.15) is 18.3 Å². The van der Waals surface area contributed by atoms with Gasteiger partial charge >= 0.3 is 6.18 Å². The summed E-state index contributed by atoms with van der Waals surface area (Å²) in [6.07, 6.45) is -0.707. The molecule has 0 aliphatic heterocycles. The van der Waals surface area contributed by atoms with Crippen LogP contribution in [0, 0.1) is 0 Å². The van der Waals surface area contributed by atoms with Crippen LogP contribution in [0.25, 0.3) is 0 Å². The molecule has 2 aromatic carbocycles. The molecule has 0 atom stereocenters. The number of aromatic nitrogens is 2. The van der Waals surface area contributed by atoms with Crippen LogP contribution in [0.5, 0.6) is 5.75 Å². The van der Waals surface area contributed by atoms with Crippen LogP contribution in [-0.4, -0.2) is 35.6 Å². The average Bonchev–Trinajstić information content (AvgIpc) is 3.26. The van der Waals surface area contributed by atoms with Crippen molar-refractivity contribution in [1.82, 2.24) is 20.4 Å². The van der Waals surface area contributed by atoms with E-state index in [-0.39, 0.29) is 5.75 Å². The normalized spacial score (nSPS) is 11.9. The number of guanidine groups is 1. The Labute approximate surface area is 178 Å². The van der Waals surface area contributed by atoms with Gasteiger partial charge in [0, 0.05) is 32.5 Å². The summed E-state index contributed by atoms with van der Waals surface area (Å²) < 4.78 is 43.7. The van der Waals surface area contributed by atoms with Crippen LogP contribution in [0.1, 0.15) is 16.7 Å². The van der Waals surface area contributed by atoms with Gasteiger partial charge in [-0.1, -0.05) is 36.4 Å². The maximum Gasteiger partial charge on any atom is 0.422 e. The number of hydrogen-bond acceptors (Lipinski definition) is 3. The van der Waals surface area contributed by atoms with Crippen LogP contribution in [0.4, 0.5) is 13.2 Å². The van der Waals surface area contributed by atoms with Crippen molar-refractivity contribution in [2.45, 2.75) is 25.8 Å². The fourth-order valence-corrected chi connectivity index (χ4v) is 2.95. The lowest BCUT2D eigenvalue weighted by atomic mass is 10.1. The zero-order chi connectivity index (χ0) is 22.1. The van der Waals surface area contributed by atoms with Gasteiger partial charge in [-0.15, -0.1) is 0 Å². The Kier molecular flexibility index (Phi) is 7.53. The summed E-state index contributed by atoms with van der Waals surface area (Å²) >= 11 is 0. The lowest BCUT2D eigenvalue weighted by molar-refractivity contribution is -0.153. The van der Waals surface area contributed by atoms with E-state index < -0.39 is 12.8 Å². The second-order valence-corrected chi connectivity index (χ2v) is 6.80. The van der Waals surface area contributed by atoms with Gasteiger partial charge in [0.05, 0.1) is 6.54 Å². The molecule has 0 saturated heterocycles. The molecule has 164 valence electrons. The first-order valence-electron chi connectivity index (χ1n) is 9.70. The van der Waals surface area contributed by atoms with Crippen LogP contribution in [0.15, 0.2) is 72.0 Å². The maximum atomic E-state index is 12.3. The molecule has 0 fully saturated rings. The molecule has 0 radical (unpaired) electrons. The summed E-state index contributed by atoms with van der Waals surface area (Å²) in [6.45, 7) is 0.302. The van der Waals surface area contributed by atoms with Crippen molar-refractivity contribution in [2.75, 3.05) is 13.7 Å². The number of rotatable bonds is 8. The van der Waals surface area contributed by atoms with Gasteiger partial charge in [0.15, 0.2) is 12.6 Å². The molecule has 0 spiro atoms. The predicted octanol–water partition coefficient (Wildman–Crippen LogP) is 3.74. The zero-order valence-electron chi connectivity index (χ0n) is 17.1. The molecule has 0 aliphatic rings. The molecule has 6 nitrogen and oxygen atoms in total. The van der Waals surface area contributed by atoms with E-state index in [4.69, 9.17) is 4.74 Å². The summed E-state index contributed by atoms with van der Waals surface area (Å²) in [6, 6.07) is 16.5. The van der Waals surface area contributed by atoms with E-state index in [1.807, 2.05) is 35.1 Å². The topological polar surface area (TPSA) is 63.5 Å². The Balaban J connectivity index is 1.54. The maximum absolute atomic E-state index is 12.3. The minimum absolute atomic E-state index is 0.173. The van der Waals surface area contributed by atoms with Gasteiger partial charge in [-0.3, -0.25) is 9.67 Å². The third-order valence-corrected chi connectivity index (χ3v) is 4.44. The van der Waals surface area contributed by atoms with Crippen LogP contribution >= 0.6 is 0 Å². The predicted molar refractivity (Wildman–Crippen MR) is 113 cm³/mol. The summed E-state index contributed by atoms with van der Waals surface area (Å²) in [5.74, 6) is 0.752. The van der Waals surface area contributed by atoms with Gasteiger partial charge in [0.2, 0.25) is 0 Å². The third kappa shape index (κ3) is 7.36. The number of aliphatic imine (C=N–C) groups is 1. The number of alkyl halides is 3. The van der Waals surface area contributed by atoms with Gasteiger partial charge in [0.1, 0.15) is 5.75 Å². The Morgan fingerprint density at radius 3 is 2.52 bits per heavy atom. The van der Waals surface area contributed by atoms with Crippen LogP contribution in [0.2, 0.25) is 0 Å². The zero-order valence-corrected chi connectivity index (χ0v) is 17.1. The first kappa shape index (κ1) is 22.2. The number of halogens is 3. The van der Waals surface area contributed by atoms with E-state index in [1.165, 1.54) is 6.07 Å². The summed E-state index contributed by atoms with van der Waals surface area (Å²) in [5.41, 5.74) is 3.04. The molecule has 9 heteroatoms. The summed E-state index contributed by atoms with van der Waals surface area (Å²) in [7, 11) is 1.66. The molecule has 0 saturated carbocycles. The van der Waals surface area contributed by atoms with Crippen molar-refractivity contribution in [2.24, 2.45) is 4.99 Å². The van der Waals surface area contributed by atoms with Crippen molar-refractivity contribution in [3.05, 3.63) is 83.7 Å². The molecule has 3 rings (SSSR count). The lowest BCUT2D eigenvalue weighted by Crippen LogP contribution is -2.36. The van der Waals surface area contributed by atoms with Crippen LogP contribution in [0.3, 0.4) is 0 Å². The molecule has 0 aliphatic carbocycles. The number of ether oxygens (including phenoxy) is 1. The van der Waals surface area contributed by atoms with Crippen molar-refractivity contribution >= 4 is 5.96 Å². The molecular formula is C22H24F3N5O. The molecular weight excluding hydrogens is 407 g/mol. The van der Waals surface area contributed by atoms with Gasteiger partial charge in [-0.25, -0.2) is 0 Å². The molecule has 1 heterocycles. The Bertz CT molecular complexity index is 987. The standard InChI is InChI=1S/C22H24F3N5O/c1-26-21(27-13-17-6-4-9-20(12-17)31-16-22(23,24)25)28-14-18-7-2-3-8-19(18)15-30-11-5-10-29-30/h2-12H,13-16H2,1H3,(H2,26,27,28). The summed E-state index contributed by atoms with van der Waals surface area (Å²) in [5, 5.41) is 10.7. The Morgan fingerprint density at radius 1 is 1.03 bits per heavy atom. The Hall–Kier alpha value is -3.49. The quantitative estimate of drug-likeness (QED) is 0.421. The van der Waals surface area contributed by atoms with Crippen LogP contribution in [-0.2, 0) is 19.6 Å². The molecule has 2 N–H and O–H groups in total. The second kappa shape index (κ2) is 10.5. The van der Waals surface area contributed by atoms with Crippen molar-refractivity contribution < 1.29 is 17.9 Å². The number of hydrogen-bond donors (Lipinski definition) is 2. The Morgan fingerprint density at radius 2 is 1.81 bits per heavy atom. The highest BCUT2D eigenvalue weighted by Crippen LogP contribution is 2.19. The molecule has 31 heavy (non-hydrogen) atoms. The lowest BCUT2D eigenvalue weighted by Gasteiger charge is -2.15. The van der Waals surface area contributed by atoms with E-state index in [1.54, 1.807) is 31.4 Å². The second-order valence-electron chi connectivity index (χ2n) is 6.80. The van der Waals surface area contributed by atoms with Crippen molar-refractivity contribution in [3.63, 3.8) is 0 Å². The fourth-order valence-electron chi connectivity index (χ4n) is 2.95. The number of nitrogens with one attached hydrogen (secondary N) is 2. The average molecular weight is 431 g/mol. The van der Waals surface area contributed by atoms with Crippen molar-refractivity contribution in [3.8, 4) is 5.75 Å². The first-order chi connectivity index (χ1) is 14.9. The minimum atomic E-state index is -4.37. The third-order valence-electron chi connectivity index (χ3n) is 4.44. The van der Waals surface area contributed by atoms with Crippen LogP contribution < -0.4 is 15.4 Å².